The number of fused-ring (bicyclic) bond motifs is 1. The molecule has 0 aromatic heterocycles. The van der Waals surface area contributed by atoms with Gasteiger partial charge >= 0.3 is 0 Å². The van der Waals surface area contributed by atoms with E-state index in [0.717, 1.165) is 21.3 Å². The number of aryl methyl sites for hydroxylation is 2. The van der Waals surface area contributed by atoms with Crippen LogP contribution in [0.5, 0.6) is 5.75 Å². The predicted molar refractivity (Wildman–Crippen MR) is 83.0 cm³/mol. The second-order valence-corrected chi connectivity index (χ2v) is 6.30. The summed E-state index contributed by atoms with van der Waals surface area (Å²) in [6.07, 6.45) is 0.0206. The number of aliphatic hydroxyl groups excluding tert-OH is 1. The van der Waals surface area contributed by atoms with Crippen molar-refractivity contribution >= 4 is 15.9 Å². The van der Waals surface area contributed by atoms with Crippen LogP contribution >= 0.6 is 15.9 Å². The summed E-state index contributed by atoms with van der Waals surface area (Å²) in [5.74, 6) is 0.773. The van der Waals surface area contributed by atoms with Crippen LogP contribution in [0.3, 0.4) is 0 Å². The Balaban J connectivity index is 1.94. The summed E-state index contributed by atoms with van der Waals surface area (Å²) in [6.45, 7) is 4.20. The standard InChI is InChI=1S/C17H17BrO2/c1-10-3-4-12(7-11(10)2)17-9-15(19)14-8-13(18)5-6-16(14)20-17/h3-8,15,17,19H,9H2,1-2H3/t15-,17?/m1/s1. The SMILES string of the molecule is Cc1ccc(C2C[C@@H](O)c3cc(Br)ccc3O2)cc1C. The van der Waals surface area contributed by atoms with Gasteiger partial charge in [0.1, 0.15) is 11.9 Å². The quantitative estimate of drug-likeness (QED) is 0.825. The third kappa shape index (κ3) is 2.48. The minimum atomic E-state index is -0.483. The molecule has 1 N–H and O–H groups in total. The number of ether oxygens (including phenoxy) is 1. The van der Waals surface area contributed by atoms with Gasteiger partial charge in [-0.25, -0.2) is 0 Å². The first-order valence-corrected chi connectivity index (χ1v) is 7.55. The minimum absolute atomic E-state index is 0.0852. The van der Waals surface area contributed by atoms with Crippen molar-refractivity contribution in [3.05, 3.63) is 63.1 Å². The number of benzene rings is 2. The summed E-state index contributed by atoms with van der Waals surface area (Å²) in [5, 5.41) is 10.3. The molecule has 20 heavy (non-hydrogen) atoms. The maximum Gasteiger partial charge on any atom is 0.127 e. The fraction of sp³-hybridized carbons (Fsp3) is 0.294. The molecule has 1 aliphatic rings. The van der Waals surface area contributed by atoms with E-state index in [4.69, 9.17) is 4.74 Å². The van der Waals surface area contributed by atoms with Crippen LogP contribution in [0.1, 0.15) is 40.9 Å². The van der Waals surface area contributed by atoms with Crippen molar-refractivity contribution < 1.29 is 9.84 Å². The van der Waals surface area contributed by atoms with E-state index in [0.29, 0.717) is 6.42 Å². The van der Waals surface area contributed by atoms with Crippen LogP contribution in [-0.4, -0.2) is 5.11 Å². The molecule has 2 aromatic rings. The highest BCUT2D eigenvalue weighted by Gasteiger charge is 2.28. The van der Waals surface area contributed by atoms with Crippen LogP contribution in [0, 0.1) is 13.8 Å². The van der Waals surface area contributed by atoms with Crippen molar-refractivity contribution in [3.8, 4) is 5.75 Å². The van der Waals surface area contributed by atoms with E-state index in [2.05, 4.69) is 48.0 Å². The molecule has 1 heterocycles. The van der Waals surface area contributed by atoms with Crippen molar-refractivity contribution in [1.82, 2.24) is 0 Å². The first-order chi connectivity index (χ1) is 9.54. The largest absolute Gasteiger partial charge is 0.485 e. The van der Waals surface area contributed by atoms with Crippen LogP contribution in [-0.2, 0) is 0 Å². The number of aliphatic hydroxyl groups is 1. The number of rotatable bonds is 1. The normalized spacial score (nSPS) is 21.2. The molecule has 0 saturated heterocycles. The summed E-state index contributed by atoms with van der Waals surface area (Å²) < 4.78 is 7.02. The first kappa shape index (κ1) is 13.7. The Morgan fingerprint density at radius 2 is 1.90 bits per heavy atom. The van der Waals surface area contributed by atoms with Crippen molar-refractivity contribution in [3.63, 3.8) is 0 Å². The van der Waals surface area contributed by atoms with Gasteiger partial charge in [-0.2, -0.15) is 0 Å². The van der Waals surface area contributed by atoms with Gasteiger partial charge in [0.25, 0.3) is 0 Å². The molecule has 2 atom stereocenters. The zero-order valence-corrected chi connectivity index (χ0v) is 13.1. The highest BCUT2D eigenvalue weighted by atomic mass is 79.9. The average Bonchev–Trinajstić information content (AvgIpc) is 2.42. The van der Waals surface area contributed by atoms with E-state index in [1.807, 2.05) is 18.2 Å². The molecule has 1 unspecified atom stereocenters. The fourth-order valence-corrected chi connectivity index (χ4v) is 2.97. The molecule has 2 nitrogen and oxygen atoms in total. The Labute approximate surface area is 127 Å². The number of hydrogen-bond acceptors (Lipinski definition) is 2. The minimum Gasteiger partial charge on any atom is -0.485 e. The summed E-state index contributed by atoms with van der Waals surface area (Å²) in [5.41, 5.74) is 4.51. The van der Waals surface area contributed by atoms with Crippen molar-refractivity contribution in [2.24, 2.45) is 0 Å². The van der Waals surface area contributed by atoms with Gasteiger partial charge in [0.2, 0.25) is 0 Å². The maximum atomic E-state index is 10.3. The summed E-state index contributed by atoms with van der Waals surface area (Å²) in [4.78, 5) is 0. The maximum absolute atomic E-state index is 10.3. The van der Waals surface area contributed by atoms with Crippen LogP contribution in [0.15, 0.2) is 40.9 Å². The molecule has 104 valence electrons. The van der Waals surface area contributed by atoms with Crippen LogP contribution in [0.2, 0.25) is 0 Å². The van der Waals surface area contributed by atoms with Gasteiger partial charge in [0, 0.05) is 16.5 Å². The topological polar surface area (TPSA) is 29.5 Å². The molecular formula is C17H17BrO2. The molecule has 3 heteroatoms. The van der Waals surface area contributed by atoms with Gasteiger partial charge in [-0.1, -0.05) is 34.1 Å². The Bertz CT molecular complexity index is 651. The van der Waals surface area contributed by atoms with Gasteiger partial charge in [-0.05, 0) is 48.7 Å². The van der Waals surface area contributed by atoms with Gasteiger partial charge in [-0.3, -0.25) is 0 Å². The van der Waals surface area contributed by atoms with Crippen LogP contribution in [0.25, 0.3) is 0 Å². The average molecular weight is 333 g/mol. The molecule has 2 aromatic carbocycles. The predicted octanol–water partition coefficient (Wildman–Crippen LogP) is 4.62. The lowest BCUT2D eigenvalue weighted by atomic mass is 9.93. The summed E-state index contributed by atoms with van der Waals surface area (Å²) in [7, 11) is 0. The highest BCUT2D eigenvalue weighted by molar-refractivity contribution is 9.10. The van der Waals surface area contributed by atoms with E-state index < -0.39 is 6.10 Å². The molecule has 0 radical (unpaired) electrons. The smallest absolute Gasteiger partial charge is 0.127 e. The van der Waals surface area contributed by atoms with Gasteiger partial charge in [-0.15, -0.1) is 0 Å². The Kier molecular flexibility index (Phi) is 3.57. The zero-order valence-electron chi connectivity index (χ0n) is 11.6. The highest BCUT2D eigenvalue weighted by Crippen LogP contribution is 2.41. The zero-order chi connectivity index (χ0) is 14.3. The number of hydrogen-bond donors (Lipinski definition) is 1. The molecule has 0 amide bonds. The first-order valence-electron chi connectivity index (χ1n) is 6.76. The molecule has 0 fully saturated rings. The van der Waals surface area contributed by atoms with Gasteiger partial charge in [0.05, 0.1) is 6.10 Å². The third-order valence-electron chi connectivity index (χ3n) is 3.94. The molecule has 0 saturated carbocycles. The van der Waals surface area contributed by atoms with Crippen LogP contribution in [0.4, 0.5) is 0 Å². The third-order valence-corrected chi connectivity index (χ3v) is 4.43. The lowest BCUT2D eigenvalue weighted by molar-refractivity contribution is 0.0656. The van der Waals surface area contributed by atoms with E-state index in [9.17, 15) is 5.11 Å². The molecular weight excluding hydrogens is 316 g/mol. The molecule has 0 spiro atoms. The van der Waals surface area contributed by atoms with E-state index >= 15 is 0 Å². The molecule has 1 aliphatic heterocycles. The second-order valence-electron chi connectivity index (χ2n) is 5.38. The lowest BCUT2D eigenvalue weighted by Crippen LogP contribution is -2.19. The fourth-order valence-electron chi connectivity index (χ4n) is 2.59. The lowest BCUT2D eigenvalue weighted by Gasteiger charge is -2.30. The van der Waals surface area contributed by atoms with Gasteiger partial charge in [0.15, 0.2) is 0 Å². The van der Waals surface area contributed by atoms with E-state index in [1.54, 1.807) is 0 Å². The Morgan fingerprint density at radius 3 is 2.65 bits per heavy atom. The summed E-state index contributed by atoms with van der Waals surface area (Å²) >= 11 is 3.43. The van der Waals surface area contributed by atoms with Crippen molar-refractivity contribution in [2.45, 2.75) is 32.5 Å². The van der Waals surface area contributed by atoms with Gasteiger partial charge < -0.3 is 9.84 Å². The van der Waals surface area contributed by atoms with Crippen molar-refractivity contribution in [1.29, 1.82) is 0 Å². The van der Waals surface area contributed by atoms with E-state index in [-0.39, 0.29) is 6.10 Å². The monoisotopic (exact) mass is 332 g/mol. The van der Waals surface area contributed by atoms with Crippen LogP contribution < -0.4 is 4.74 Å². The Morgan fingerprint density at radius 1 is 1.10 bits per heavy atom. The Hall–Kier alpha value is -1.32. The molecule has 0 aliphatic carbocycles. The molecule has 3 rings (SSSR count). The number of halogens is 1. The van der Waals surface area contributed by atoms with E-state index in [1.165, 1.54) is 11.1 Å². The summed E-state index contributed by atoms with van der Waals surface area (Å²) in [6, 6.07) is 12.1. The van der Waals surface area contributed by atoms with Crippen molar-refractivity contribution in [2.75, 3.05) is 0 Å². The molecule has 0 bridgehead atoms. The second kappa shape index (κ2) is 5.23.